The molecule has 0 radical (unpaired) electrons. The van der Waals surface area contributed by atoms with Gasteiger partial charge < -0.3 is 9.15 Å². The van der Waals surface area contributed by atoms with Gasteiger partial charge >= 0.3 is 12.1 Å². The van der Waals surface area contributed by atoms with Crippen LogP contribution in [0.3, 0.4) is 0 Å². The fourth-order valence-electron chi connectivity index (χ4n) is 1.68. The van der Waals surface area contributed by atoms with Gasteiger partial charge in [-0.25, -0.2) is 4.79 Å². The van der Waals surface area contributed by atoms with Crippen LogP contribution in [0.2, 0.25) is 0 Å². The van der Waals surface area contributed by atoms with Crippen molar-refractivity contribution in [2.24, 2.45) is 0 Å². The van der Waals surface area contributed by atoms with Gasteiger partial charge in [0.15, 0.2) is 0 Å². The summed E-state index contributed by atoms with van der Waals surface area (Å²) >= 11 is 0. The SMILES string of the molecule is CCOC(=O)c1cccc2occ(C(F)(F)F)c12. The number of ether oxygens (including phenoxy) is 1. The van der Waals surface area contributed by atoms with E-state index in [1.54, 1.807) is 6.92 Å². The second kappa shape index (κ2) is 4.36. The third-order valence-electron chi connectivity index (χ3n) is 2.40. The van der Waals surface area contributed by atoms with E-state index in [1.807, 2.05) is 0 Å². The van der Waals surface area contributed by atoms with Crippen LogP contribution in [0.4, 0.5) is 13.2 Å². The lowest BCUT2D eigenvalue weighted by atomic mass is 10.1. The first-order valence-corrected chi connectivity index (χ1v) is 5.19. The molecule has 2 rings (SSSR count). The summed E-state index contributed by atoms with van der Waals surface area (Å²) in [6, 6.07) is 4.09. The van der Waals surface area contributed by atoms with Gasteiger partial charge in [-0.05, 0) is 19.1 Å². The number of alkyl halides is 3. The molecular weight excluding hydrogens is 249 g/mol. The molecule has 0 atom stereocenters. The predicted molar refractivity (Wildman–Crippen MR) is 57.2 cm³/mol. The summed E-state index contributed by atoms with van der Waals surface area (Å²) in [5, 5.41) is -0.261. The van der Waals surface area contributed by atoms with Crippen molar-refractivity contribution in [3.63, 3.8) is 0 Å². The van der Waals surface area contributed by atoms with Crippen molar-refractivity contribution in [1.29, 1.82) is 0 Å². The summed E-state index contributed by atoms with van der Waals surface area (Å²) in [5.41, 5.74) is -1.11. The number of halogens is 3. The highest BCUT2D eigenvalue weighted by Crippen LogP contribution is 2.37. The molecule has 6 heteroatoms. The molecule has 1 aromatic heterocycles. The maximum atomic E-state index is 12.8. The number of benzene rings is 1. The van der Waals surface area contributed by atoms with Gasteiger partial charge in [0.25, 0.3) is 0 Å². The molecule has 0 amide bonds. The van der Waals surface area contributed by atoms with Crippen molar-refractivity contribution < 1.29 is 27.1 Å². The molecule has 96 valence electrons. The molecule has 0 saturated carbocycles. The van der Waals surface area contributed by atoms with Crippen LogP contribution in [0, 0.1) is 0 Å². The van der Waals surface area contributed by atoms with Crippen LogP contribution in [0.5, 0.6) is 0 Å². The van der Waals surface area contributed by atoms with Crippen LogP contribution in [0.25, 0.3) is 11.0 Å². The number of rotatable bonds is 2. The van der Waals surface area contributed by atoms with Crippen LogP contribution >= 0.6 is 0 Å². The van der Waals surface area contributed by atoms with E-state index in [-0.39, 0.29) is 23.1 Å². The largest absolute Gasteiger partial charge is 0.464 e. The van der Waals surface area contributed by atoms with Gasteiger partial charge in [0.1, 0.15) is 17.4 Å². The predicted octanol–water partition coefficient (Wildman–Crippen LogP) is 3.63. The van der Waals surface area contributed by atoms with Crippen LogP contribution in [0.1, 0.15) is 22.8 Å². The van der Waals surface area contributed by atoms with E-state index in [0.29, 0.717) is 6.26 Å². The summed E-state index contributed by atoms with van der Waals surface area (Å²) in [6.45, 7) is 1.67. The van der Waals surface area contributed by atoms with Gasteiger partial charge in [0, 0.05) is 5.39 Å². The Balaban J connectivity index is 2.67. The molecule has 1 heterocycles. The smallest absolute Gasteiger partial charge is 0.420 e. The van der Waals surface area contributed by atoms with Crippen molar-refractivity contribution in [3.05, 3.63) is 35.6 Å². The number of carbonyl (C=O) groups excluding carboxylic acids is 1. The number of fused-ring (bicyclic) bond motifs is 1. The first kappa shape index (κ1) is 12.5. The highest BCUT2D eigenvalue weighted by molar-refractivity contribution is 6.04. The zero-order chi connectivity index (χ0) is 13.3. The normalized spacial score (nSPS) is 11.8. The van der Waals surface area contributed by atoms with Crippen LogP contribution in [0.15, 0.2) is 28.9 Å². The number of hydrogen-bond acceptors (Lipinski definition) is 3. The molecule has 0 N–H and O–H groups in total. The van der Waals surface area contributed by atoms with Gasteiger partial charge in [-0.1, -0.05) is 6.07 Å². The van der Waals surface area contributed by atoms with Crippen molar-refractivity contribution in [2.75, 3.05) is 6.61 Å². The van der Waals surface area contributed by atoms with Crippen molar-refractivity contribution in [1.82, 2.24) is 0 Å². The van der Waals surface area contributed by atoms with Crippen LogP contribution < -0.4 is 0 Å². The number of furan rings is 1. The Morgan fingerprint density at radius 3 is 2.72 bits per heavy atom. The quantitative estimate of drug-likeness (QED) is 0.772. The molecule has 0 spiro atoms. The molecular formula is C12H9F3O3. The van der Waals surface area contributed by atoms with E-state index >= 15 is 0 Å². The molecule has 2 aromatic rings. The molecule has 18 heavy (non-hydrogen) atoms. The minimum Gasteiger partial charge on any atom is -0.464 e. The molecule has 3 nitrogen and oxygen atoms in total. The first-order valence-electron chi connectivity index (χ1n) is 5.19. The third kappa shape index (κ3) is 2.05. The Kier molecular flexibility index (Phi) is 3.02. The monoisotopic (exact) mass is 258 g/mol. The summed E-state index contributed by atoms with van der Waals surface area (Å²) in [5.74, 6) is -0.796. The van der Waals surface area contributed by atoms with Gasteiger partial charge in [0.05, 0.1) is 12.2 Å². The lowest BCUT2D eigenvalue weighted by Crippen LogP contribution is -2.09. The van der Waals surface area contributed by atoms with E-state index in [0.717, 1.165) is 0 Å². The Morgan fingerprint density at radius 1 is 1.39 bits per heavy atom. The van der Waals surface area contributed by atoms with E-state index < -0.39 is 17.7 Å². The van der Waals surface area contributed by atoms with E-state index in [9.17, 15) is 18.0 Å². The third-order valence-corrected chi connectivity index (χ3v) is 2.40. The second-order valence-electron chi connectivity index (χ2n) is 3.55. The highest BCUT2D eigenvalue weighted by atomic mass is 19.4. The molecule has 0 aliphatic heterocycles. The van der Waals surface area contributed by atoms with E-state index in [4.69, 9.17) is 9.15 Å². The molecule has 0 saturated heterocycles. The Morgan fingerprint density at radius 2 is 2.11 bits per heavy atom. The van der Waals surface area contributed by atoms with Crippen molar-refractivity contribution in [2.45, 2.75) is 13.1 Å². The number of esters is 1. The van der Waals surface area contributed by atoms with E-state index in [2.05, 4.69) is 0 Å². The molecule has 0 aliphatic carbocycles. The average molecular weight is 258 g/mol. The maximum absolute atomic E-state index is 12.8. The summed E-state index contributed by atoms with van der Waals surface area (Å²) in [7, 11) is 0. The topological polar surface area (TPSA) is 39.4 Å². The fraction of sp³-hybridized carbons (Fsp3) is 0.250. The Labute approximate surface area is 100 Å². The van der Waals surface area contributed by atoms with E-state index in [1.165, 1.54) is 18.2 Å². The number of carbonyl (C=O) groups is 1. The van der Waals surface area contributed by atoms with Gasteiger partial charge in [-0.3, -0.25) is 0 Å². The van der Waals surface area contributed by atoms with Crippen LogP contribution in [-0.4, -0.2) is 12.6 Å². The minimum absolute atomic E-state index is 0.00729. The zero-order valence-electron chi connectivity index (χ0n) is 9.38. The highest BCUT2D eigenvalue weighted by Gasteiger charge is 2.36. The molecule has 0 fully saturated rings. The van der Waals surface area contributed by atoms with Gasteiger partial charge in [-0.15, -0.1) is 0 Å². The standard InChI is InChI=1S/C12H9F3O3/c1-2-17-11(16)7-4-3-5-9-10(7)8(6-18-9)12(13,14)15/h3-6H,2H2,1H3. The lowest BCUT2D eigenvalue weighted by Gasteiger charge is -2.07. The molecule has 0 unspecified atom stereocenters. The Bertz CT molecular complexity index is 584. The number of hydrogen-bond donors (Lipinski definition) is 0. The maximum Gasteiger partial charge on any atom is 0.420 e. The molecule has 0 aliphatic rings. The zero-order valence-corrected chi connectivity index (χ0v) is 9.38. The molecule has 1 aromatic carbocycles. The van der Waals surface area contributed by atoms with Gasteiger partial charge in [-0.2, -0.15) is 13.2 Å². The first-order chi connectivity index (χ1) is 8.45. The summed E-state index contributed by atoms with van der Waals surface area (Å²) in [4.78, 5) is 11.6. The van der Waals surface area contributed by atoms with Crippen molar-refractivity contribution >= 4 is 16.9 Å². The fourth-order valence-corrected chi connectivity index (χ4v) is 1.68. The average Bonchev–Trinajstić information content (AvgIpc) is 2.72. The minimum atomic E-state index is -4.58. The molecule has 0 bridgehead atoms. The van der Waals surface area contributed by atoms with Crippen molar-refractivity contribution in [3.8, 4) is 0 Å². The van der Waals surface area contributed by atoms with Crippen LogP contribution in [-0.2, 0) is 10.9 Å². The lowest BCUT2D eigenvalue weighted by molar-refractivity contribution is -0.136. The second-order valence-corrected chi connectivity index (χ2v) is 3.55. The van der Waals surface area contributed by atoms with Gasteiger partial charge in [0.2, 0.25) is 0 Å². The summed E-state index contributed by atoms with van der Waals surface area (Å²) in [6.07, 6.45) is -3.97. The summed E-state index contributed by atoms with van der Waals surface area (Å²) < 4.78 is 47.8. The Hall–Kier alpha value is -1.98.